The summed E-state index contributed by atoms with van der Waals surface area (Å²) in [5.74, 6) is -0.251. The van der Waals surface area contributed by atoms with E-state index >= 15 is 0 Å². The van der Waals surface area contributed by atoms with Gasteiger partial charge in [0, 0.05) is 12.1 Å². The molecular formula is C12H6BrN3O3S2. The first-order valence-electron chi connectivity index (χ1n) is 5.64. The van der Waals surface area contributed by atoms with Crippen molar-refractivity contribution in [2.24, 2.45) is 0 Å². The molecule has 0 aliphatic heterocycles. The highest BCUT2D eigenvalue weighted by Crippen LogP contribution is 2.30. The Bertz CT molecular complexity index is 858. The summed E-state index contributed by atoms with van der Waals surface area (Å²) in [7, 11) is 0. The monoisotopic (exact) mass is 383 g/mol. The lowest BCUT2D eigenvalue weighted by molar-refractivity contribution is -0.384. The predicted octanol–water partition coefficient (Wildman–Crippen LogP) is 4.28. The minimum absolute atomic E-state index is 0.0205. The number of benzene rings is 1. The number of nitrogens with zero attached hydrogens (tertiary/aromatic N) is 2. The summed E-state index contributed by atoms with van der Waals surface area (Å²) in [4.78, 5) is 27.0. The number of thiazole rings is 1. The third-order valence-corrected chi connectivity index (χ3v) is 5.17. The van der Waals surface area contributed by atoms with Crippen molar-refractivity contribution < 1.29 is 9.72 Å². The van der Waals surface area contributed by atoms with E-state index in [4.69, 9.17) is 0 Å². The van der Waals surface area contributed by atoms with E-state index in [9.17, 15) is 14.9 Å². The number of amides is 1. The summed E-state index contributed by atoms with van der Waals surface area (Å²) < 4.78 is 1.65. The van der Waals surface area contributed by atoms with Gasteiger partial charge in [-0.1, -0.05) is 11.3 Å². The number of carbonyl (C=O) groups excluding carboxylic acids is 1. The van der Waals surface area contributed by atoms with Crippen molar-refractivity contribution >= 4 is 65.5 Å². The van der Waals surface area contributed by atoms with Crippen LogP contribution in [-0.2, 0) is 0 Å². The summed E-state index contributed by atoms with van der Waals surface area (Å²) in [5.41, 5.74) is 0.477. The Balaban J connectivity index is 1.87. The van der Waals surface area contributed by atoms with Crippen molar-refractivity contribution in [3.8, 4) is 0 Å². The predicted molar refractivity (Wildman–Crippen MR) is 86.2 cm³/mol. The fraction of sp³-hybridized carbons (Fsp3) is 0. The second-order valence-corrected chi connectivity index (χ2v) is 7.48. The van der Waals surface area contributed by atoms with E-state index in [1.165, 1.54) is 34.8 Å². The molecule has 2 heterocycles. The molecule has 0 atom stereocenters. The van der Waals surface area contributed by atoms with Crippen LogP contribution in [-0.4, -0.2) is 15.8 Å². The molecular weight excluding hydrogens is 378 g/mol. The third kappa shape index (κ3) is 2.94. The zero-order chi connectivity index (χ0) is 15.0. The molecule has 2 aromatic heterocycles. The average Bonchev–Trinajstić information content (AvgIpc) is 3.03. The SMILES string of the molecule is O=C(Nc1nc2cc([N+](=O)[O-])ccc2s1)c1ccc(Br)s1. The molecule has 21 heavy (non-hydrogen) atoms. The molecule has 0 spiro atoms. The lowest BCUT2D eigenvalue weighted by Gasteiger charge is -1.96. The van der Waals surface area contributed by atoms with E-state index in [-0.39, 0.29) is 11.6 Å². The standard InChI is InChI=1S/C12H6BrN3O3S2/c13-10-4-3-9(20-10)11(17)15-12-14-7-5-6(16(18)19)1-2-8(7)21-12/h1-5H,(H,14,15,17). The summed E-state index contributed by atoms with van der Waals surface area (Å²) in [6, 6.07) is 7.94. The summed E-state index contributed by atoms with van der Waals surface area (Å²) in [6.07, 6.45) is 0. The number of nitrogens with one attached hydrogen (secondary N) is 1. The molecule has 9 heteroatoms. The van der Waals surface area contributed by atoms with Crippen molar-refractivity contribution in [3.63, 3.8) is 0 Å². The molecule has 106 valence electrons. The average molecular weight is 384 g/mol. The molecule has 0 aliphatic carbocycles. The van der Waals surface area contributed by atoms with Gasteiger partial charge in [-0.15, -0.1) is 11.3 Å². The van der Waals surface area contributed by atoms with Crippen molar-refractivity contribution in [3.05, 3.63) is 49.1 Å². The number of non-ortho nitro benzene ring substituents is 1. The Hall–Kier alpha value is -1.84. The molecule has 0 radical (unpaired) electrons. The van der Waals surface area contributed by atoms with Crippen LogP contribution in [0.15, 0.2) is 34.1 Å². The van der Waals surface area contributed by atoms with Gasteiger partial charge in [0.1, 0.15) is 0 Å². The van der Waals surface area contributed by atoms with Crippen LogP contribution in [0.3, 0.4) is 0 Å². The van der Waals surface area contributed by atoms with Gasteiger partial charge >= 0.3 is 0 Å². The molecule has 0 aliphatic rings. The maximum atomic E-state index is 12.0. The highest BCUT2D eigenvalue weighted by Gasteiger charge is 2.14. The van der Waals surface area contributed by atoms with Crippen molar-refractivity contribution in [2.45, 2.75) is 0 Å². The third-order valence-electron chi connectivity index (χ3n) is 2.60. The van der Waals surface area contributed by atoms with Gasteiger partial charge in [-0.25, -0.2) is 4.98 Å². The molecule has 1 amide bonds. The second-order valence-electron chi connectivity index (χ2n) is 3.99. The van der Waals surface area contributed by atoms with Gasteiger partial charge in [0.25, 0.3) is 11.6 Å². The van der Waals surface area contributed by atoms with Gasteiger partial charge in [-0.05, 0) is 34.1 Å². The number of hydrogen-bond acceptors (Lipinski definition) is 6. The maximum absolute atomic E-state index is 12.0. The van der Waals surface area contributed by atoms with Gasteiger partial charge in [0.05, 0.1) is 23.8 Å². The van der Waals surface area contributed by atoms with E-state index in [0.29, 0.717) is 15.5 Å². The van der Waals surface area contributed by atoms with Gasteiger partial charge in [0.2, 0.25) is 0 Å². The highest BCUT2D eigenvalue weighted by molar-refractivity contribution is 9.11. The van der Waals surface area contributed by atoms with Crippen molar-refractivity contribution in [1.82, 2.24) is 4.98 Å². The quantitative estimate of drug-likeness (QED) is 0.540. The Labute approximate surface area is 134 Å². The van der Waals surface area contributed by atoms with Crippen LogP contribution in [0.25, 0.3) is 10.2 Å². The number of nitro groups is 1. The Morgan fingerprint density at radius 1 is 1.29 bits per heavy atom. The first-order valence-corrected chi connectivity index (χ1v) is 8.07. The van der Waals surface area contributed by atoms with Crippen LogP contribution in [0.1, 0.15) is 9.67 Å². The first kappa shape index (κ1) is 14.1. The zero-order valence-corrected chi connectivity index (χ0v) is 13.4. The fourth-order valence-corrected chi connectivity index (χ4v) is 3.80. The Morgan fingerprint density at radius 2 is 2.10 bits per heavy atom. The summed E-state index contributed by atoms with van der Waals surface area (Å²) in [5, 5.41) is 13.8. The highest BCUT2D eigenvalue weighted by atomic mass is 79.9. The van der Waals surface area contributed by atoms with Crippen LogP contribution in [0.4, 0.5) is 10.8 Å². The van der Waals surface area contributed by atoms with Crippen LogP contribution < -0.4 is 5.32 Å². The summed E-state index contributed by atoms with van der Waals surface area (Å²) in [6.45, 7) is 0. The molecule has 1 N–H and O–H groups in total. The number of halogens is 1. The Morgan fingerprint density at radius 3 is 2.76 bits per heavy atom. The topological polar surface area (TPSA) is 85.1 Å². The minimum atomic E-state index is -0.472. The van der Waals surface area contributed by atoms with Crippen LogP contribution >= 0.6 is 38.6 Å². The molecule has 6 nitrogen and oxygen atoms in total. The molecule has 0 unspecified atom stereocenters. The molecule has 0 bridgehead atoms. The molecule has 0 saturated heterocycles. The number of thiophene rings is 1. The summed E-state index contributed by atoms with van der Waals surface area (Å²) >= 11 is 5.89. The van der Waals surface area contributed by atoms with E-state index in [2.05, 4.69) is 26.2 Å². The fourth-order valence-electron chi connectivity index (χ4n) is 1.68. The first-order chi connectivity index (χ1) is 10.0. The van der Waals surface area contributed by atoms with E-state index < -0.39 is 4.92 Å². The molecule has 1 aromatic carbocycles. The van der Waals surface area contributed by atoms with E-state index in [1.807, 2.05) is 0 Å². The number of nitro benzene ring substituents is 1. The molecule has 3 aromatic rings. The number of carbonyl (C=O) groups is 1. The number of rotatable bonds is 3. The van der Waals surface area contributed by atoms with Crippen LogP contribution in [0, 0.1) is 10.1 Å². The van der Waals surface area contributed by atoms with Crippen molar-refractivity contribution in [1.29, 1.82) is 0 Å². The smallest absolute Gasteiger partial charge is 0.271 e. The van der Waals surface area contributed by atoms with Crippen LogP contribution in [0.5, 0.6) is 0 Å². The lowest BCUT2D eigenvalue weighted by Crippen LogP contribution is -2.09. The van der Waals surface area contributed by atoms with E-state index in [1.54, 1.807) is 18.2 Å². The number of aromatic nitrogens is 1. The van der Waals surface area contributed by atoms with Gasteiger partial charge < -0.3 is 0 Å². The Kier molecular flexibility index (Phi) is 3.70. The van der Waals surface area contributed by atoms with Crippen molar-refractivity contribution in [2.75, 3.05) is 5.32 Å². The van der Waals surface area contributed by atoms with Gasteiger partial charge in [-0.3, -0.25) is 20.2 Å². The largest absolute Gasteiger partial charge is 0.297 e. The minimum Gasteiger partial charge on any atom is -0.297 e. The molecule has 0 saturated carbocycles. The zero-order valence-electron chi connectivity index (χ0n) is 10.2. The number of hydrogen-bond donors (Lipinski definition) is 1. The maximum Gasteiger partial charge on any atom is 0.271 e. The normalized spacial score (nSPS) is 10.7. The number of anilines is 1. The number of fused-ring (bicyclic) bond motifs is 1. The van der Waals surface area contributed by atoms with E-state index in [0.717, 1.165) is 8.49 Å². The van der Waals surface area contributed by atoms with Crippen LogP contribution in [0.2, 0.25) is 0 Å². The molecule has 0 fully saturated rings. The van der Waals surface area contributed by atoms with Gasteiger partial charge in [-0.2, -0.15) is 0 Å². The molecule has 3 rings (SSSR count). The lowest BCUT2D eigenvalue weighted by atomic mass is 10.3. The second kappa shape index (κ2) is 5.51. The van der Waals surface area contributed by atoms with Gasteiger partial charge in [0.15, 0.2) is 5.13 Å².